The van der Waals surface area contributed by atoms with E-state index in [4.69, 9.17) is 9.47 Å². The highest BCUT2D eigenvalue weighted by Crippen LogP contribution is 2.23. The highest BCUT2D eigenvalue weighted by molar-refractivity contribution is 5.98. The summed E-state index contributed by atoms with van der Waals surface area (Å²) in [5.74, 6) is 0.658. The van der Waals surface area contributed by atoms with Crippen LogP contribution >= 0.6 is 0 Å². The summed E-state index contributed by atoms with van der Waals surface area (Å²) in [6.45, 7) is 2.24. The van der Waals surface area contributed by atoms with Gasteiger partial charge >= 0.3 is 0 Å². The molecule has 0 aliphatic carbocycles. The summed E-state index contributed by atoms with van der Waals surface area (Å²) >= 11 is 0. The quantitative estimate of drug-likeness (QED) is 0.718. The molecule has 0 bridgehead atoms. The van der Waals surface area contributed by atoms with Gasteiger partial charge in [0.2, 0.25) is 5.88 Å². The molecule has 0 radical (unpaired) electrons. The maximum Gasteiger partial charge on any atom is 0.254 e. The average Bonchev–Trinajstić information content (AvgIpc) is 3.15. The zero-order valence-corrected chi connectivity index (χ0v) is 14.7. The summed E-state index contributed by atoms with van der Waals surface area (Å²) in [7, 11) is 1.64. The maximum atomic E-state index is 12.9. The molecule has 3 aromatic rings. The van der Waals surface area contributed by atoms with E-state index in [0.717, 1.165) is 28.6 Å². The molecule has 3 heterocycles. The number of nitrogens with one attached hydrogen (secondary N) is 1. The van der Waals surface area contributed by atoms with Gasteiger partial charge in [-0.15, -0.1) is 0 Å². The van der Waals surface area contributed by atoms with Crippen molar-refractivity contribution in [3.05, 3.63) is 59.4 Å². The molecular formula is C20H21N3O3. The predicted molar refractivity (Wildman–Crippen MR) is 98.4 cm³/mol. The van der Waals surface area contributed by atoms with Gasteiger partial charge in [0.05, 0.1) is 12.3 Å². The number of benzene rings is 1. The molecule has 2 aromatic heterocycles. The zero-order chi connectivity index (χ0) is 17.9. The molecule has 0 spiro atoms. The molecule has 26 heavy (non-hydrogen) atoms. The monoisotopic (exact) mass is 351 g/mol. The Balaban J connectivity index is 1.48. The van der Waals surface area contributed by atoms with Crippen molar-refractivity contribution >= 4 is 16.8 Å². The Morgan fingerprint density at radius 1 is 1.23 bits per heavy atom. The third kappa shape index (κ3) is 3.28. The third-order valence-corrected chi connectivity index (χ3v) is 4.65. The second-order valence-corrected chi connectivity index (χ2v) is 6.35. The Bertz CT molecular complexity index is 935. The van der Waals surface area contributed by atoms with Gasteiger partial charge < -0.3 is 19.4 Å². The number of aromatic amines is 1. The van der Waals surface area contributed by atoms with E-state index in [9.17, 15) is 4.79 Å². The van der Waals surface area contributed by atoms with Crippen LogP contribution in [0.1, 0.15) is 21.6 Å². The smallest absolute Gasteiger partial charge is 0.254 e. The van der Waals surface area contributed by atoms with Gasteiger partial charge in [0.15, 0.2) is 0 Å². The lowest BCUT2D eigenvalue weighted by molar-refractivity contribution is 0.0733. The largest absolute Gasteiger partial charge is 0.475 e. The molecule has 6 nitrogen and oxygen atoms in total. The van der Waals surface area contributed by atoms with E-state index in [2.05, 4.69) is 9.97 Å². The number of carbonyl (C=O) groups excluding carboxylic acids is 1. The number of carbonyl (C=O) groups is 1. The molecule has 0 atom stereocenters. The molecule has 1 aliphatic rings. The molecular weight excluding hydrogens is 330 g/mol. The molecule has 4 rings (SSSR count). The Hall–Kier alpha value is -2.86. The van der Waals surface area contributed by atoms with Crippen LogP contribution in [0, 0.1) is 0 Å². The number of hydrogen-bond donors (Lipinski definition) is 1. The topological polar surface area (TPSA) is 67.5 Å². The normalized spacial score (nSPS) is 13.7. The van der Waals surface area contributed by atoms with Crippen molar-refractivity contribution in [1.29, 1.82) is 0 Å². The molecule has 0 fully saturated rings. The van der Waals surface area contributed by atoms with Gasteiger partial charge in [0.1, 0.15) is 6.61 Å². The van der Waals surface area contributed by atoms with E-state index in [1.165, 1.54) is 0 Å². The highest BCUT2D eigenvalue weighted by Gasteiger charge is 2.23. The van der Waals surface area contributed by atoms with Crippen LogP contribution in [0.15, 0.2) is 42.6 Å². The Kier molecular flexibility index (Phi) is 4.58. The van der Waals surface area contributed by atoms with Crippen LogP contribution in [0.2, 0.25) is 0 Å². The summed E-state index contributed by atoms with van der Waals surface area (Å²) < 4.78 is 10.6. The van der Waals surface area contributed by atoms with Crippen molar-refractivity contribution in [3.63, 3.8) is 0 Å². The molecule has 1 aromatic carbocycles. The molecule has 1 aliphatic heterocycles. The van der Waals surface area contributed by atoms with Crippen molar-refractivity contribution in [2.75, 3.05) is 26.9 Å². The summed E-state index contributed by atoms with van der Waals surface area (Å²) in [4.78, 5) is 22.5. The van der Waals surface area contributed by atoms with Gasteiger partial charge in [-0.1, -0.05) is 12.1 Å². The third-order valence-electron chi connectivity index (χ3n) is 4.65. The lowest BCUT2D eigenvalue weighted by Crippen LogP contribution is -2.36. The van der Waals surface area contributed by atoms with Crippen LogP contribution < -0.4 is 4.74 Å². The van der Waals surface area contributed by atoms with Crippen LogP contribution in [-0.2, 0) is 17.7 Å². The van der Waals surface area contributed by atoms with E-state index in [-0.39, 0.29) is 5.91 Å². The van der Waals surface area contributed by atoms with Gasteiger partial charge in [0, 0.05) is 50.0 Å². The van der Waals surface area contributed by atoms with Crippen molar-refractivity contribution in [1.82, 2.24) is 14.9 Å². The molecule has 1 amide bonds. The molecule has 1 N–H and O–H groups in total. The van der Waals surface area contributed by atoms with Gasteiger partial charge in [0.25, 0.3) is 5.91 Å². The van der Waals surface area contributed by atoms with E-state index < -0.39 is 0 Å². The number of amides is 1. The second-order valence-electron chi connectivity index (χ2n) is 6.35. The number of rotatable bonds is 5. The fourth-order valence-corrected chi connectivity index (χ4v) is 3.24. The lowest BCUT2D eigenvalue weighted by Gasteiger charge is -2.28. The first-order valence-electron chi connectivity index (χ1n) is 8.71. The molecule has 0 saturated heterocycles. The highest BCUT2D eigenvalue weighted by atomic mass is 16.5. The average molecular weight is 351 g/mol. The van der Waals surface area contributed by atoms with Crippen LogP contribution in [0.3, 0.4) is 0 Å². The number of methoxy groups -OCH3 is 1. The van der Waals surface area contributed by atoms with Crippen molar-refractivity contribution in [3.8, 4) is 5.88 Å². The number of aromatic nitrogens is 2. The first kappa shape index (κ1) is 16.6. The van der Waals surface area contributed by atoms with E-state index in [1.54, 1.807) is 7.11 Å². The number of hydrogen-bond acceptors (Lipinski definition) is 4. The Morgan fingerprint density at radius 3 is 3.04 bits per heavy atom. The number of fused-ring (bicyclic) bond motifs is 2. The minimum absolute atomic E-state index is 0.0487. The summed E-state index contributed by atoms with van der Waals surface area (Å²) in [5, 5.41) is 1.11. The standard InChI is InChI=1S/C20H21N3O3/c1-25-10-11-26-19-5-4-16-13-23(9-7-17(16)22-19)20(24)15-3-2-14-6-8-21-18(14)12-15/h2-6,8,12,21H,7,9-11,13H2,1H3. The maximum absolute atomic E-state index is 12.9. The minimum atomic E-state index is 0.0487. The molecule has 0 saturated carbocycles. The first-order chi connectivity index (χ1) is 12.7. The lowest BCUT2D eigenvalue weighted by atomic mass is 10.0. The molecule has 134 valence electrons. The van der Waals surface area contributed by atoms with Gasteiger partial charge in [-0.25, -0.2) is 4.98 Å². The van der Waals surface area contributed by atoms with E-state index >= 15 is 0 Å². The van der Waals surface area contributed by atoms with Gasteiger partial charge in [-0.2, -0.15) is 0 Å². The predicted octanol–water partition coefficient (Wildman–Crippen LogP) is 2.79. The number of nitrogens with zero attached hydrogens (tertiary/aromatic N) is 2. The molecule has 0 unspecified atom stereocenters. The van der Waals surface area contributed by atoms with Gasteiger partial charge in [-0.3, -0.25) is 4.79 Å². The molecule has 6 heteroatoms. The number of ether oxygens (including phenoxy) is 2. The fraction of sp³-hybridized carbons (Fsp3) is 0.300. The summed E-state index contributed by atoms with van der Waals surface area (Å²) in [6.07, 6.45) is 2.61. The van der Waals surface area contributed by atoms with Crippen molar-refractivity contribution in [2.24, 2.45) is 0 Å². The minimum Gasteiger partial charge on any atom is -0.475 e. The van der Waals surface area contributed by atoms with Gasteiger partial charge in [-0.05, 0) is 29.1 Å². The Morgan fingerprint density at radius 2 is 2.15 bits per heavy atom. The van der Waals surface area contributed by atoms with Crippen LogP contribution in [0.25, 0.3) is 10.9 Å². The number of H-pyrrole nitrogens is 1. The van der Waals surface area contributed by atoms with E-state index in [0.29, 0.717) is 37.7 Å². The van der Waals surface area contributed by atoms with Crippen molar-refractivity contribution < 1.29 is 14.3 Å². The van der Waals surface area contributed by atoms with Crippen molar-refractivity contribution in [2.45, 2.75) is 13.0 Å². The second kappa shape index (κ2) is 7.17. The first-order valence-corrected chi connectivity index (χ1v) is 8.71. The van der Waals surface area contributed by atoms with Crippen LogP contribution in [0.4, 0.5) is 0 Å². The van der Waals surface area contributed by atoms with E-state index in [1.807, 2.05) is 47.5 Å². The summed E-state index contributed by atoms with van der Waals surface area (Å²) in [6, 6.07) is 11.6. The Labute approximate surface area is 151 Å². The SMILES string of the molecule is COCCOc1ccc2c(n1)CCN(C(=O)c1ccc3cc[nH]c3c1)C2. The number of pyridine rings is 1. The zero-order valence-electron chi connectivity index (χ0n) is 14.7. The van der Waals surface area contributed by atoms with Crippen LogP contribution in [-0.4, -0.2) is 47.6 Å². The van der Waals surface area contributed by atoms with Crippen LogP contribution in [0.5, 0.6) is 5.88 Å². The fourth-order valence-electron chi connectivity index (χ4n) is 3.24. The summed E-state index contributed by atoms with van der Waals surface area (Å²) in [5.41, 5.74) is 3.76.